The number of hydrogen-bond donors (Lipinski definition) is 0. The van der Waals surface area contributed by atoms with Crippen LogP contribution in [0, 0.1) is 0 Å². The third-order valence-electron chi connectivity index (χ3n) is 8.70. The van der Waals surface area contributed by atoms with Crippen LogP contribution in [0.15, 0.2) is 138 Å². The van der Waals surface area contributed by atoms with E-state index in [1.807, 2.05) is 29.7 Å². The Morgan fingerprint density at radius 1 is 0.477 bits per heavy atom. The molecule has 3 nitrogen and oxygen atoms in total. The van der Waals surface area contributed by atoms with E-state index in [2.05, 4.69) is 120 Å². The Hall–Kier alpha value is -5.23. The second-order valence-corrected chi connectivity index (χ2v) is 13.3. The monoisotopic (exact) mass is 598 g/mol. The predicted octanol–water partition coefficient (Wildman–Crippen LogP) is 12.3. The Balaban J connectivity index is 1.25. The molecule has 0 saturated heterocycles. The molecule has 10 aromatic rings. The third kappa shape index (κ3) is 3.51. The van der Waals surface area contributed by atoms with Crippen LogP contribution in [-0.4, -0.2) is 4.98 Å². The quantitative estimate of drug-likeness (QED) is 0.203. The summed E-state index contributed by atoms with van der Waals surface area (Å²) in [4.78, 5) is 8.30. The van der Waals surface area contributed by atoms with Gasteiger partial charge in [0.25, 0.3) is 0 Å². The maximum absolute atomic E-state index is 6.20. The molecule has 0 spiro atoms. The molecule has 0 atom stereocenters. The normalized spacial score (nSPS) is 12.1. The maximum Gasteiger partial charge on any atom is 0.135 e. The molecule has 0 N–H and O–H groups in total. The van der Waals surface area contributed by atoms with Crippen LogP contribution >= 0.6 is 22.7 Å². The summed E-state index contributed by atoms with van der Waals surface area (Å²) in [6, 6.07) is 45.8. The number of aromatic nitrogens is 1. The summed E-state index contributed by atoms with van der Waals surface area (Å²) in [5.41, 5.74) is 5.12. The number of hydrogen-bond acceptors (Lipinski definition) is 5. The standard InChI is InChI=1S/C39H22N2OS2/c1-2-8-27-23(7-1)22-40-39-38(27)32-20-25(15-18-36(32)44-39)41(24-14-17-34-31(19-24)28-9-3-5-11-33(28)42-34)26-13-16-30-29-10-4-6-12-35(29)43-37(30)21-26/h1-22H. The van der Waals surface area contributed by atoms with Gasteiger partial charge in [-0.05, 0) is 66.0 Å². The number of anilines is 3. The van der Waals surface area contributed by atoms with Gasteiger partial charge in [-0.2, -0.15) is 0 Å². The van der Waals surface area contributed by atoms with Crippen LogP contribution in [0.5, 0.6) is 0 Å². The Kier molecular flexibility index (Phi) is 5.03. The van der Waals surface area contributed by atoms with Crippen molar-refractivity contribution in [2.45, 2.75) is 0 Å². The van der Waals surface area contributed by atoms with E-state index in [-0.39, 0.29) is 0 Å². The molecule has 4 heterocycles. The van der Waals surface area contributed by atoms with Gasteiger partial charge in [0.2, 0.25) is 0 Å². The fourth-order valence-electron chi connectivity index (χ4n) is 6.68. The van der Waals surface area contributed by atoms with Gasteiger partial charge < -0.3 is 9.32 Å². The van der Waals surface area contributed by atoms with Gasteiger partial charge in [-0.15, -0.1) is 22.7 Å². The minimum atomic E-state index is 0.895. The molecule has 0 bridgehead atoms. The number of para-hydroxylation sites is 1. The van der Waals surface area contributed by atoms with Gasteiger partial charge in [0, 0.05) is 75.1 Å². The Labute approximate surface area is 259 Å². The summed E-state index contributed by atoms with van der Waals surface area (Å²) >= 11 is 3.61. The molecule has 0 aliphatic carbocycles. The zero-order valence-electron chi connectivity index (χ0n) is 23.3. The molecular weight excluding hydrogens is 577 g/mol. The first kappa shape index (κ1) is 24.2. The topological polar surface area (TPSA) is 29.3 Å². The molecule has 0 fully saturated rings. The van der Waals surface area contributed by atoms with Crippen LogP contribution in [0.1, 0.15) is 0 Å². The fraction of sp³-hybridized carbons (Fsp3) is 0. The van der Waals surface area contributed by atoms with Gasteiger partial charge in [-0.3, -0.25) is 0 Å². The van der Waals surface area contributed by atoms with Crippen molar-refractivity contribution in [2.24, 2.45) is 0 Å². The van der Waals surface area contributed by atoms with Gasteiger partial charge in [0.05, 0.1) is 0 Å². The van der Waals surface area contributed by atoms with Crippen LogP contribution in [-0.2, 0) is 0 Å². The van der Waals surface area contributed by atoms with Crippen LogP contribution in [0.2, 0.25) is 0 Å². The Bertz CT molecular complexity index is 2750. The highest BCUT2D eigenvalue weighted by molar-refractivity contribution is 7.26. The number of nitrogens with zero attached hydrogens (tertiary/aromatic N) is 2. The van der Waals surface area contributed by atoms with Crippen molar-refractivity contribution in [2.75, 3.05) is 4.90 Å². The minimum Gasteiger partial charge on any atom is -0.456 e. The molecule has 0 saturated carbocycles. The number of fused-ring (bicyclic) bond motifs is 11. The first-order chi connectivity index (χ1) is 21.8. The molecule has 206 valence electrons. The average Bonchev–Trinajstić information content (AvgIpc) is 3.75. The highest BCUT2D eigenvalue weighted by Gasteiger charge is 2.19. The number of pyridine rings is 1. The molecule has 44 heavy (non-hydrogen) atoms. The molecule has 0 aliphatic rings. The van der Waals surface area contributed by atoms with E-state index >= 15 is 0 Å². The molecule has 0 radical (unpaired) electrons. The first-order valence-electron chi connectivity index (χ1n) is 14.6. The van der Waals surface area contributed by atoms with Crippen LogP contribution < -0.4 is 4.90 Å². The summed E-state index contributed by atoms with van der Waals surface area (Å²) in [7, 11) is 0. The molecule has 4 aromatic heterocycles. The zero-order chi connectivity index (χ0) is 28.8. The van der Waals surface area contributed by atoms with E-state index in [1.54, 1.807) is 11.3 Å². The highest BCUT2D eigenvalue weighted by Crippen LogP contribution is 2.45. The smallest absolute Gasteiger partial charge is 0.135 e. The lowest BCUT2D eigenvalue weighted by atomic mass is 10.1. The maximum atomic E-state index is 6.20. The van der Waals surface area contributed by atoms with Crippen molar-refractivity contribution in [1.82, 2.24) is 4.98 Å². The van der Waals surface area contributed by atoms with E-state index in [9.17, 15) is 0 Å². The predicted molar refractivity (Wildman–Crippen MR) is 189 cm³/mol. The lowest BCUT2D eigenvalue weighted by Crippen LogP contribution is -2.09. The summed E-state index contributed by atoms with van der Waals surface area (Å²) in [5.74, 6) is 0. The van der Waals surface area contributed by atoms with E-state index in [4.69, 9.17) is 9.40 Å². The number of furan rings is 1. The molecular formula is C39H22N2OS2. The molecule has 10 rings (SSSR count). The second kappa shape index (κ2) is 9.13. The molecule has 0 amide bonds. The molecule has 0 unspecified atom stereocenters. The third-order valence-corrected chi connectivity index (χ3v) is 10.9. The largest absolute Gasteiger partial charge is 0.456 e. The van der Waals surface area contributed by atoms with Crippen molar-refractivity contribution in [1.29, 1.82) is 0 Å². The lowest BCUT2D eigenvalue weighted by molar-refractivity contribution is 0.669. The van der Waals surface area contributed by atoms with Crippen molar-refractivity contribution >= 4 is 113 Å². The van der Waals surface area contributed by atoms with Crippen molar-refractivity contribution in [3.8, 4) is 0 Å². The summed E-state index contributed by atoms with van der Waals surface area (Å²) in [5, 5.41) is 9.70. The van der Waals surface area contributed by atoms with Gasteiger partial charge in [-0.1, -0.05) is 66.7 Å². The van der Waals surface area contributed by atoms with E-state index in [0.717, 1.165) is 49.2 Å². The summed E-state index contributed by atoms with van der Waals surface area (Å²) < 4.78 is 10.0. The molecule has 6 aromatic carbocycles. The van der Waals surface area contributed by atoms with Gasteiger partial charge in [-0.25, -0.2) is 4.98 Å². The van der Waals surface area contributed by atoms with Crippen molar-refractivity contribution in [3.63, 3.8) is 0 Å². The van der Waals surface area contributed by atoms with E-state index < -0.39 is 0 Å². The van der Waals surface area contributed by atoms with Gasteiger partial charge in [0.15, 0.2) is 0 Å². The molecule has 5 heteroatoms. The summed E-state index contributed by atoms with van der Waals surface area (Å²) in [6.07, 6.45) is 1.99. The second-order valence-electron chi connectivity index (χ2n) is 11.2. The van der Waals surface area contributed by atoms with Gasteiger partial charge in [0.1, 0.15) is 16.0 Å². The SMILES string of the molecule is c1ccc2c(c1)cnc1sc3ccc(N(c4ccc5c(c4)sc4ccccc45)c4ccc5oc6ccccc6c5c4)cc3c12. The number of rotatable bonds is 3. The van der Waals surface area contributed by atoms with Crippen LogP contribution in [0.25, 0.3) is 73.2 Å². The average molecular weight is 599 g/mol. The van der Waals surface area contributed by atoms with Crippen molar-refractivity contribution < 1.29 is 4.42 Å². The lowest BCUT2D eigenvalue weighted by Gasteiger charge is -2.26. The van der Waals surface area contributed by atoms with E-state index in [1.165, 1.54) is 41.0 Å². The minimum absolute atomic E-state index is 0.895. The summed E-state index contributed by atoms with van der Waals surface area (Å²) in [6.45, 7) is 0. The highest BCUT2D eigenvalue weighted by atomic mass is 32.1. The van der Waals surface area contributed by atoms with Crippen molar-refractivity contribution in [3.05, 3.63) is 134 Å². The van der Waals surface area contributed by atoms with Crippen LogP contribution in [0.3, 0.4) is 0 Å². The molecule has 0 aliphatic heterocycles. The van der Waals surface area contributed by atoms with Crippen LogP contribution in [0.4, 0.5) is 17.1 Å². The number of benzene rings is 6. The first-order valence-corrected chi connectivity index (χ1v) is 16.2. The Morgan fingerprint density at radius 3 is 2.07 bits per heavy atom. The Morgan fingerprint density at radius 2 is 1.14 bits per heavy atom. The zero-order valence-corrected chi connectivity index (χ0v) is 25.0. The van der Waals surface area contributed by atoms with E-state index in [0.29, 0.717) is 0 Å². The fourth-order valence-corrected chi connectivity index (χ4v) is 8.86. The number of thiophene rings is 2. The van der Waals surface area contributed by atoms with Gasteiger partial charge >= 0.3 is 0 Å².